The molecule has 0 unspecified atom stereocenters. The van der Waals surface area contributed by atoms with Crippen LogP contribution in [0, 0.1) is 5.82 Å². The summed E-state index contributed by atoms with van der Waals surface area (Å²) in [6, 6.07) is 7.57. The molecule has 2 heterocycles. The van der Waals surface area contributed by atoms with E-state index in [4.69, 9.17) is 0 Å². The lowest BCUT2D eigenvalue weighted by molar-refractivity contribution is -0.134. The molecule has 30 heavy (non-hydrogen) atoms. The Kier molecular flexibility index (Phi) is 6.76. The van der Waals surface area contributed by atoms with Crippen molar-refractivity contribution in [1.82, 2.24) is 19.7 Å². The third kappa shape index (κ3) is 4.41. The molecule has 1 aromatic heterocycles. The van der Waals surface area contributed by atoms with Gasteiger partial charge in [-0.3, -0.25) is 9.36 Å². The zero-order valence-electron chi connectivity index (χ0n) is 17.9. The Morgan fingerprint density at radius 1 is 1.03 bits per heavy atom. The van der Waals surface area contributed by atoms with Gasteiger partial charge in [0.1, 0.15) is 5.82 Å². The van der Waals surface area contributed by atoms with Crippen LogP contribution in [0.2, 0.25) is 0 Å². The molecule has 2 aliphatic rings. The van der Waals surface area contributed by atoms with Crippen molar-refractivity contribution in [2.45, 2.75) is 88.5 Å². The van der Waals surface area contributed by atoms with Crippen molar-refractivity contribution in [3.63, 3.8) is 0 Å². The van der Waals surface area contributed by atoms with Crippen molar-refractivity contribution in [2.24, 2.45) is 0 Å². The fourth-order valence-corrected chi connectivity index (χ4v) is 5.86. The lowest BCUT2D eigenvalue weighted by Crippen LogP contribution is -2.48. The number of thioether (sulfide) groups is 1. The summed E-state index contributed by atoms with van der Waals surface area (Å²) in [4.78, 5) is 15.0. The van der Waals surface area contributed by atoms with Crippen LogP contribution in [0.3, 0.4) is 0 Å². The number of likely N-dealkylation sites (tertiary alicyclic amines) is 1. The maximum absolute atomic E-state index is 14.5. The first-order valence-electron chi connectivity index (χ1n) is 11.2. The van der Waals surface area contributed by atoms with E-state index < -0.39 is 0 Å². The summed E-state index contributed by atoms with van der Waals surface area (Å²) in [5.41, 5.74) is 0.479. The molecule has 1 aromatic carbocycles. The topological polar surface area (TPSA) is 51.0 Å². The number of halogens is 1. The van der Waals surface area contributed by atoms with Crippen molar-refractivity contribution < 1.29 is 9.18 Å². The molecule has 7 heteroatoms. The first-order chi connectivity index (χ1) is 14.6. The van der Waals surface area contributed by atoms with Gasteiger partial charge in [0, 0.05) is 18.1 Å². The number of nitrogens with zero attached hydrogens (tertiary/aromatic N) is 4. The normalized spacial score (nSPS) is 23.0. The average molecular weight is 431 g/mol. The molecule has 4 rings (SSSR count). The van der Waals surface area contributed by atoms with E-state index in [1.54, 1.807) is 12.1 Å². The molecule has 1 saturated heterocycles. The number of amides is 1. The molecular weight excluding hydrogens is 399 g/mol. The molecule has 2 atom stereocenters. The lowest BCUT2D eigenvalue weighted by atomic mass is 9.95. The summed E-state index contributed by atoms with van der Waals surface area (Å²) >= 11 is 1.44. The second-order valence-electron chi connectivity index (χ2n) is 8.67. The van der Waals surface area contributed by atoms with Crippen molar-refractivity contribution >= 4 is 17.7 Å². The van der Waals surface area contributed by atoms with Gasteiger partial charge in [-0.2, -0.15) is 0 Å². The third-order valence-corrected chi connectivity index (χ3v) is 7.45. The molecule has 1 aliphatic carbocycles. The highest BCUT2D eigenvalue weighted by atomic mass is 32.2. The van der Waals surface area contributed by atoms with Crippen LogP contribution in [0.25, 0.3) is 11.4 Å². The van der Waals surface area contributed by atoms with Gasteiger partial charge in [-0.25, -0.2) is 4.39 Å². The van der Waals surface area contributed by atoms with Gasteiger partial charge in [-0.1, -0.05) is 43.2 Å². The molecule has 0 radical (unpaired) electrons. The SMILES string of the molecule is C[C@H]1CCC[C@H](C)N1C(=O)CSc1nnc(-c2ccccc2F)n1C1CCCCC1. The van der Waals surface area contributed by atoms with E-state index in [-0.39, 0.29) is 29.8 Å². The summed E-state index contributed by atoms with van der Waals surface area (Å²) in [7, 11) is 0. The second-order valence-corrected chi connectivity index (χ2v) is 9.61. The molecule has 0 bridgehead atoms. The molecule has 1 saturated carbocycles. The van der Waals surface area contributed by atoms with Gasteiger partial charge in [0.2, 0.25) is 5.91 Å². The fraction of sp³-hybridized carbons (Fsp3) is 0.609. The summed E-state index contributed by atoms with van der Waals surface area (Å²) in [6.07, 6.45) is 8.95. The predicted octanol–water partition coefficient (Wildman–Crippen LogP) is 5.47. The third-order valence-electron chi connectivity index (χ3n) is 6.53. The van der Waals surface area contributed by atoms with E-state index >= 15 is 0 Å². The highest BCUT2D eigenvalue weighted by molar-refractivity contribution is 7.99. The van der Waals surface area contributed by atoms with Gasteiger partial charge in [0.25, 0.3) is 0 Å². The summed E-state index contributed by atoms with van der Waals surface area (Å²) in [5.74, 6) is 0.794. The second kappa shape index (κ2) is 9.50. The van der Waals surface area contributed by atoms with Gasteiger partial charge in [-0.15, -0.1) is 10.2 Å². The fourth-order valence-electron chi connectivity index (χ4n) is 4.98. The van der Waals surface area contributed by atoms with E-state index in [1.165, 1.54) is 30.7 Å². The van der Waals surface area contributed by atoms with E-state index in [0.717, 1.165) is 43.7 Å². The Hall–Kier alpha value is -1.89. The first kappa shape index (κ1) is 21.3. The monoisotopic (exact) mass is 430 g/mol. The quantitative estimate of drug-likeness (QED) is 0.590. The van der Waals surface area contributed by atoms with Crippen LogP contribution >= 0.6 is 11.8 Å². The molecule has 0 spiro atoms. The Bertz CT molecular complexity index is 870. The van der Waals surface area contributed by atoms with Crippen LogP contribution in [0.5, 0.6) is 0 Å². The Labute approximate surface area is 182 Å². The minimum Gasteiger partial charge on any atom is -0.337 e. The minimum absolute atomic E-state index is 0.158. The van der Waals surface area contributed by atoms with Crippen molar-refractivity contribution in [1.29, 1.82) is 0 Å². The van der Waals surface area contributed by atoms with E-state index in [2.05, 4.69) is 28.6 Å². The molecule has 2 fully saturated rings. The maximum Gasteiger partial charge on any atom is 0.233 e. The molecular formula is C23H31FN4OS. The van der Waals surface area contributed by atoms with Crippen LogP contribution in [0.15, 0.2) is 29.4 Å². The highest BCUT2D eigenvalue weighted by Gasteiger charge is 2.30. The van der Waals surface area contributed by atoms with Gasteiger partial charge < -0.3 is 4.90 Å². The number of carbonyl (C=O) groups excluding carboxylic acids is 1. The van der Waals surface area contributed by atoms with Crippen LogP contribution < -0.4 is 0 Å². The standard InChI is InChI=1S/C23H31FN4OS/c1-16-9-8-10-17(2)27(16)21(29)15-30-23-26-25-22(19-13-6-7-14-20(19)24)28(23)18-11-4-3-5-12-18/h6-7,13-14,16-18H,3-5,8-12,15H2,1-2H3/t16-,17-/m0/s1. The summed E-state index contributed by atoms with van der Waals surface area (Å²) in [6.45, 7) is 4.28. The van der Waals surface area contributed by atoms with Crippen molar-refractivity contribution in [3.8, 4) is 11.4 Å². The molecule has 0 N–H and O–H groups in total. The van der Waals surface area contributed by atoms with E-state index in [0.29, 0.717) is 17.1 Å². The van der Waals surface area contributed by atoms with Crippen LogP contribution in [0.1, 0.15) is 71.3 Å². The smallest absolute Gasteiger partial charge is 0.233 e. The van der Waals surface area contributed by atoms with Gasteiger partial charge >= 0.3 is 0 Å². The van der Waals surface area contributed by atoms with Crippen molar-refractivity contribution in [3.05, 3.63) is 30.1 Å². The van der Waals surface area contributed by atoms with Crippen LogP contribution in [-0.2, 0) is 4.79 Å². The highest BCUT2D eigenvalue weighted by Crippen LogP contribution is 2.36. The van der Waals surface area contributed by atoms with Gasteiger partial charge in [-0.05, 0) is 58.1 Å². The minimum atomic E-state index is -0.287. The number of benzene rings is 1. The lowest BCUT2D eigenvalue weighted by Gasteiger charge is -2.39. The van der Waals surface area contributed by atoms with E-state index in [1.807, 2.05) is 11.0 Å². The van der Waals surface area contributed by atoms with Crippen LogP contribution in [0.4, 0.5) is 4.39 Å². The van der Waals surface area contributed by atoms with Gasteiger partial charge in [0.15, 0.2) is 11.0 Å². The number of piperidine rings is 1. The maximum atomic E-state index is 14.5. The molecule has 1 aliphatic heterocycles. The number of carbonyl (C=O) groups is 1. The summed E-state index contributed by atoms with van der Waals surface area (Å²) in [5, 5.41) is 9.50. The molecule has 1 amide bonds. The Morgan fingerprint density at radius 2 is 1.73 bits per heavy atom. The summed E-state index contributed by atoms with van der Waals surface area (Å²) < 4.78 is 16.6. The predicted molar refractivity (Wildman–Crippen MR) is 118 cm³/mol. The Morgan fingerprint density at radius 3 is 2.43 bits per heavy atom. The molecule has 5 nitrogen and oxygen atoms in total. The number of aromatic nitrogens is 3. The zero-order valence-corrected chi connectivity index (χ0v) is 18.7. The van der Waals surface area contributed by atoms with Crippen LogP contribution in [-0.4, -0.2) is 43.4 Å². The molecule has 162 valence electrons. The molecule has 2 aromatic rings. The average Bonchev–Trinajstić information content (AvgIpc) is 3.17. The van der Waals surface area contributed by atoms with Crippen molar-refractivity contribution in [2.75, 3.05) is 5.75 Å². The van der Waals surface area contributed by atoms with E-state index in [9.17, 15) is 9.18 Å². The number of rotatable bonds is 5. The Balaban J connectivity index is 1.58. The van der Waals surface area contributed by atoms with Gasteiger partial charge in [0.05, 0.1) is 11.3 Å². The number of hydrogen-bond acceptors (Lipinski definition) is 4. The number of hydrogen-bond donors (Lipinski definition) is 0. The first-order valence-corrected chi connectivity index (χ1v) is 12.2. The zero-order chi connectivity index (χ0) is 21.1. The largest absolute Gasteiger partial charge is 0.337 e.